The zero-order chi connectivity index (χ0) is 6.78. The molecule has 0 bridgehead atoms. The molecule has 48 valence electrons. The van der Waals surface area contributed by atoms with E-state index in [0.29, 0.717) is 0 Å². The maximum Gasteiger partial charge on any atom is 0.378 e. The molecule has 2 nitrogen and oxygen atoms in total. The molecule has 0 heterocycles. The fourth-order valence-electron chi connectivity index (χ4n) is 0.0536. The Labute approximate surface area is 57.4 Å². The van der Waals surface area contributed by atoms with E-state index in [2.05, 4.69) is 11.8 Å². The molecule has 0 atom stereocenters. The van der Waals surface area contributed by atoms with Crippen LogP contribution in [0.25, 0.3) is 0 Å². The fourth-order valence-corrected chi connectivity index (χ4v) is 0.386. The Kier molecular flexibility index (Phi) is 2.62. The highest BCUT2D eigenvalue weighted by atomic mass is 79.9. The van der Waals surface area contributed by atoms with Crippen LogP contribution < -0.4 is 4.84 Å². The summed E-state index contributed by atoms with van der Waals surface area (Å²) >= 11 is 6.30. The number of nitrogens with one attached hydrogen (secondary N) is 1. The molecule has 0 aromatic carbocycles. The smallest absolute Gasteiger partial charge is 0.266 e. The molecule has 0 aliphatic rings. The van der Waals surface area contributed by atoms with Gasteiger partial charge in [-0.1, -0.05) is 0 Å². The average Bonchev–Trinajstić information content (AvgIpc) is 1.62. The van der Waals surface area contributed by atoms with Crippen LogP contribution in [0.5, 0.6) is 0 Å². The van der Waals surface area contributed by atoms with Gasteiger partial charge in [0, 0.05) is 27.7 Å². The minimum atomic E-state index is -3.56. The molecule has 0 radical (unpaired) electrons. The highest BCUT2D eigenvalue weighted by Gasteiger charge is 2.34. The second-order valence-electron chi connectivity index (χ2n) is 0.921. The van der Waals surface area contributed by atoms with Crippen LogP contribution >= 0.6 is 27.7 Å². The number of rotatable bonds is 1. The lowest BCUT2D eigenvalue weighted by atomic mass is 10.7. The zero-order valence-corrected chi connectivity index (χ0v) is 5.76. The number of halogens is 4. The minimum absolute atomic E-state index is 1.24. The van der Waals surface area contributed by atoms with E-state index in [1.54, 1.807) is 15.9 Å². The lowest BCUT2D eigenvalue weighted by molar-refractivity contribution is -0.132. The van der Waals surface area contributed by atoms with Gasteiger partial charge in [0.1, 0.15) is 0 Å². The Morgan fingerprint density at radius 3 is 2.12 bits per heavy atom. The first-order chi connectivity index (χ1) is 3.48. The summed E-state index contributed by atoms with van der Waals surface area (Å²) in [5.74, 6) is -1.57. The molecule has 0 saturated heterocycles. The van der Waals surface area contributed by atoms with E-state index in [1.165, 1.54) is 4.84 Å². The van der Waals surface area contributed by atoms with Crippen LogP contribution in [0.1, 0.15) is 0 Å². The first-order valence-corrected chi connectivity index (χ1v) is 2.63. The van der Waals surface area contributed by atoms with Crippen LogP contribution in [0.2, 0.25) is 0 Å². The molecule has 0 unspecified atom stereocenters. The molecule has 0 spiro atoms. The summed E-state index contributed by atoms with van der Waals surface area (Å²) in [5, 5.41) is 0. The lowest BCUT2D eigenvalue weighted by Crippen LogP contribution is -2.29. The highest BCUT2D eigenvalue weighted by molar-refractivity contribution is 9.10. The van der Waals surface area contributed by atoms with Gasteiger partial charge in [-0.2, -0.15) is 8.78 Å². The number of hydrogen-bond acceptors (Lipinski definition) is 1. The molecule has 8 heavy (non-hydrogen) atoms. The maximum atomic E-state index is 11.5. The summed E-state index contributed by atoms with van der Waals surface area (Å²) in [7, 11) is 0. The fraction of sp³-hybridized carbons (Fsp3) is 0.500. The number of alkyl halides is 3. The van der Waals surface area contributed by atoms with Gasteiger partial charge in [0.05, 0.1) is 0 Å². The Hall–Kier alpha value is 0.1000. The van der Waals surface area contributed by atoms with Crippen molar-refractivity contribution in [3.8, 4) is 0 Å². The molecule has 6 heteroatoms. The van der Waals surface area contributed by atoms with E-state index in [4.69, 9.17) is 0 Å². The molecular formula is C2HBrClF2NO. The van der Waals surface area contributed by atoms with Gasteiger partial charge in [-0.3, -0.25) is 9.63 Å². The summed E-state index contributed by atoms with van der Waals surface area (Å²) < 4.78 is 23.1. The molecule has 0 saturated carbocycles. The highest BCUT2D eigenvalue weighted by Crippen LogP contribution is 2.21. The molecule has 0 fully saturated rings. The monoisotopic (exact) mass is 207 g/mol. The van der Waals surface area contributed by atoms with E-state index in [9.17, 15) is 13.6 Å². The van der Waals surface area contributed by atoms with Gasteiger partial charge in [-0.05, 0) is 0 Å². The summed E-state index contributed by atoms with van der Waals surface area (Å²) in [4.78, 5) is 7.47. The number of carbonyl (C=O) groups is 1. The predicted octanol–water partition coefficient (Wildman–Crippen LogP) is 1.24. The molecule has 0 rings (SSSR count). The van der Waals surface area contributed by atoms with Crippen LogP contribution in [0.15, 0.2) is 0 Å². The van der Waals surface area contributed by atoms with E-state index >= 15 is 0 Å². The SMILES string of the molecule is O=C(NCl)C(F)(F)Br. The van der Waals surface area contributed by atoms with Gasteiger partial charge < -0.3 is 0 Å². The van der Waals surface area contributed by atoms with Crippen LogP contribution in [-0.2, 0) is 4.79 Å². The Bertz CT molecular complexity index is 103. The summed E-state index contributed by atoms with van der Waals surface area (Å²) in [6, 6.07) is 0. The van der Waals surface area contributed by atoms with Crippen molar-refractivity contribution in [1.82, 2.24) is 4.84 Å². The van der Waals surface area contributed by atoms with E-state index in [0.717, 1.165) is 0 Å². The van der Waals surface area contributed by atoms with Crippen molar-refractivity contribution >= 4 is 33.6 Å². The van der Waals surface area contributed by atoms with Gasteiger partial charge in [-0.15, -0.1) is 0 Å². The van der Waals surface area contributed by atoms with Crippen LogP contribution in [0, 0.1) is 0 Å². The Morgan fingerprint density at radius 1 is 1.75 bits per heavy atom. The van der Waals surface area contributed by atoms with Crippen LogP contribution in [0.3, 0.4) is 0 Å². The van der Waals surface area contributed by atoms with Crippen molar-refractivity contribution in [2.75, 3.05) is 0 Å². The number of amides is 1. The Balaban J connectivity index is 3.82. The van der Waals surface area contributed by atoms with Crippen molar-refractivity contribution < 1.29 is 13.6 Å². The third kappa shape index (κ3) is 2.42. The van der Waals surface area contributed by atoms with Crippen LogP contribution in [-0.4, -0.2) is 10.7 Å². The third-order valence-electron chi connectivity index (χ3n) is 0.343. The second-order valence-corrected chi connectivity index (χ2v) is 2.11. The predicted molar refractivity (Wildman–Crippen MR) is 27.9 cm³/mol. The van der Waals surface area contributed by atoms with Gasteiger partial charge in [-0.25, -0.2) is 0 Å². The summed E-state index contributed by atoms with van der Waals surface area (Å²) in [6.07, 6.45) is 0. The normalized spacial score (nSPS) is 11.0. The molecular weight excluding hydrogens is 207 g/mol. The van der Waals surface area contributed by atoms with Crippen molar-refractivity contribution in [2.24, 2.45) is 0 Å². The lowest BCUT2D eigenvalue weighted by Gasteiger charge is -2.01. The number of carbonyl (C=O) groups excluding carboxylic acids is 1. The van der Waals surface area contributed by atoms with Crippen molar-refractivity contribution in [3.05, 3.63) is 0 Å². The quantitative estimate of drug-likeness (QED) is 0.510. The van der Waals surface area contributed by atoms with Crippen molar-refractivity contribution in [2.45, 2.75) is 4.83 Å². The van der Waals surface area contributed by atoms with Crippen molar-refractivity contribution in [1.29, 1.82) is 0 Å². The molecule has 0 aromatic heterocycles. The number of hydrogen-bond donors (Lipinski definition) is 1. The van der Waals surface area contributed by atoms with E-state index in [1.807, 2.05) is 0 Å². The summed E-state index contributed by atoms with van der Waals surface area (Å²) in [5.41, 5.74) is 0. The largest absolute Gasteiger partial charge is 0.378 e. The molecule has 0 aromatic rings. The third-order valence-corrected chi connectivity index (χ3v) is 0.875. The first-order valence-electron chi connectivity index (χ1n) is 1.46. The molecule has 0 aliphatic carbocycles. The second kappa shape index (κ2) is 2.59. The van der Waals surface area contributed by atoms with Crippen LogP contribution in [0.4, 0.5) is 8.78 Å². The minimum Gasteiger partial charge on any atom is -0.266 e. The van der Waals surface area contributed by atoms with E-state index < -0.39 is 10.7 Å². The van der Waals surface area contributed by atoms with Crippen molar-refractivity contribution in [3.63, 3.8) is 0 Å². The van der Waals surface area contributed by atoms with Gasteiger partial charge >= 0.3 is 10.7 Å². The topological polar surface area (TPSA) is 29.1 Å². The molecule has 1 N–H and O–H groups in total. The first kappa shape index (κ1) is 8.10. The summed E-state index contributed by atoms with van der Waals surface area (Å²) in [6.45, 7) is 0. The van der Waals surface area contributed by atoms with Gasteiger partial charge in [0.15, 0.2) is 0 Å². The molecule has 0 aliphatic heterocycles. The van der Waals surface area contributed by atoms with Gasteiger partial charge in [0.25, 0.3) is 0 Å². The molecule has 1 amide bonds. The Morgan fingerprint density at radius 2 is 2.12 bits per heavy atom. The van der Waals surface area contributed by atoms with Gasteiger partial charge in [0.2, 0.25) is 0 Å². The zero-order valence-electron chi connectivity index (χ0n) is 3.42. The van der Waals surface area contributed by atoms with E-state index in [-0.39, 0.29) is 0 Å². The maximum absolute atomic E-state index is 11.5. The standard InChI is InChI=1S/C2HBrClF2NO/c3-2(5,6)1(8)7-4/h(H,7,8). The average molecular weight is 208 g/mol.